The summed E-state index contributed by atoms with van der Waals surface area (Å²) in [5.74, 6) is -0.702. The summed E-state index contributed by atoms with van der Waals surface area (Å²) in [7, 11) is -4.20. The van der Waals surface area contributed by atoms with E-state index in [1.807, 2.05) is 0 Å². The number of sulfonamides is 1. The molecule has 0 unspecified atom stereocenters. The number of carbonyl (C=O) groups excluding carboxylic acids is 1. The molecule has 0 saturated heterocycles. The SMILES string of the molecule is CC(C)(CNS(=O)(=O)c1cc(N)ccc1[N+](=O)[O-])C(N)=O. The number of amides is 1. The predicted molar refractivity (Wildman–Crippen MR) is 75.7 cm³/mol. The summed E-state index contributed by atoms with van der Waals surface area (Å²) < 4.78 is 26.4. The molecule has 1 amide bonds. The fourth-order valence-electron chi connectivity index (χ4n) is 1.34. The van der Waals surface area contributed by atoms with Crippen LogP contribution in [0.1, 0.15) is 13.8 Å². The predicted octanol–water partition coefficient (Wildman–Crippen LogP) is -0.0332. The van der Waals surface area contributed by atoms with Crippen molar-refractivity contribution in [2.75, 3.05) is 12.3 Å². The molecule has 0 aliphatic carbocycles. The fourth-order valence-corrected chi connectivity index (χ4v) is 2.75. The molecular formula is C11H16N4O5S. The minimum atomic E-state index is -4.20. The number of nitrogens with one attached hydrogen (secondary N) is 1. The summed E-state index contributed by atoms with van der Waals surface area (Å²) in [5.41, 5.74) is 8.93. The zero-order valence-corrected chi connectivity index (χ0v) is 12.3. The van der Waals surface area contributed by atoms with Crippen LogP contribution in [0.2, 0.25) is 0 Å². The van der Waals surface area contributed by atoms with Crippen LogP contribution in [0.5, 0.6) is 0 Å². The standard InChI is InChI=1S/C11H16N4O5S/c1-11(2,10(13)16)6-14-21(19,20)9-5-7(12)3-4-8(9)15(17)18/h3-5,14H,6,12H2,1-2H3,(H2,13,16). The molecule has 0 heterocycles. The highest BCUT2D eigenvalue weighted by atomic mass is 32.2. The second kappa shape index (κ2) is 5.66. The number of hydrogen-bond donors (Lipinski definition) is 3. The molecule has 0 fully saturated rings. The Morgan fingerprint density at radius 3 is 2.48 bits per heavy atom. The average molecular weight is 316 g/mol. The minimum absolute atomic E-state index is 0.0649. The molecule has 10 heteroatoms. The maximum atomic E-state index is 12.2. The van der Waals surface area contributed by atoms with E-state index in [0.717, 1.165) is 12.1 Å². The maximum Gasteiger partial charge on any atom is 0.289 e. The number of benzene rings is 1. The van der Waals surface area contributed by atoms with E-state index in [1.165, 1.54) is 19.9 Å². The number of anilines is 1. The van der Waals surface area contributed by atoms with Gasteiger partial charge in [-0.3, -0.25) is 14.9 Å². The van der Waals surface area contributed by atoms with Gasteiger partial charge in [0, 0.05) is 18.3 Å². The van der Waals surface area contributed by atoms with Crippen molar-refractivity contribution in [3.63, 3.8) is 0 Å². The van der Waals surface area contributed by atoms with Crippen molar-refractivity contribution in [1.29, 1.82) is 0 Å². The van der Waals surface area contributed by atoms with Crippen LogP contribution in [0.4, 0.5) is 11.4 Å². The van der Waals surface area contributed by atoms with Crippen molar-refractivity contribution in [1.82, 2.24) is 4.72 Å². The highest BCUT2D eigenvalue weighted by molar-refractivity contribution is 7.89. The van der Waals surface area contributed by atoms with Gasteiger partial charge in [0.1, 0.15) is 0 Å². The number of carbonyl (C=O) groups is 1. The molecule has 0 saturated carbocycles. The lowest BCUT2D eigenvalue weighted by Crippen LogP contribution is -2.42. The molecule has 1 rings (SSSR count). The molecule has 1 aromatic carbocycles. The highest BCUT2D eigenvalue weighted by Gasteiger charge is 2.31. The molecule has 0 spiro atoms. The minimum Gasteiger partial charge on any atom is -0.399 e. The smallest absolute Gasteiger partial charge is 0.289 e. The maximum absolute atomic E-state index is 12.2. The van der Waals surface area contributed by atoms with Gasteiger partial charge in [0.25, 0.3) is 5.69 Å². The van der Waals surface area contributed by atoms with Gasteiger partial charge >= 0.3 is 0 Å². The highest BCUT2D eigenvalue weighted by Crippen LogP contribution is 2.26. The van der Waals surface area contributed by atoms with Crippen LogP contribution in [-0.4, -0.2) is 25.8 Å². The van der Waals surface area contributed by atoms with Crippen molar-refractivity contribution >= 4 is 27.3 Å². The molecular weight excluding hydrogens is 300 g/mol. The third-order valence-electron chi connectivity index (χ3n) is 2.84. The Kier molecular flexibility index (Phi) is 4.54. The lowest BCUT2D eigenvalue weighted by atomic mass is 9.93. The quantitative estimate of drug-likeness (QED) is 0.379. The van der Waals surface area contributed by atoms with E-state index in [-0.39, 0.29) is 12.2 Å². The molecule has 0 radical (unpaired) electrons. The lowest BCUT2D eigenvalue weighted by Gasteiger charge is -2.20. The third kappa shape index (κ3) is 3.89. The topological polar surface area (TPSA) is 158 Å². The Balaban J connectivity index is 3.17. The molecule has 0 bridgehead atoms. The summed E-state index contributed by atoms with van der Waals surface area (Å²) >= 11 is 0. The number of rotatable bonds is 6. The lowest BCUT2D eigenvalue weighted by molar-refractivity contribution is -0.387. The molecule has 9 nitrogen and oxygen atoms in total. The van der Waals surface area contributed by atoms with E-state index in [0.29, 0.717) is 0 Å². The number of nitro benzene ring substituents is 1. The number of nitro groups is 1. The average Bonchev–Trinajstić information content (AvgIpc) is 2.36. The first kappa shape index (κ1) is 16.9. The summed E-state index contributed by atoms with van der Waals surface area (Å²) in [6, 6.07) is 3.21. The van der Waals surface area contributed by atoms with Crippen LogP contribution in [0.3, 0.4) is 0 Å². The van der Waals surface area contributed by atoms with Crippen LogP contribution in [0, 0.1) is 15.5 Å². The first-order chi connectivity index (χ1) is 9.47. The third-order valence-corrected chi connectivity index (χ3v) is 4.27. The first-order valence-electron chi connectivity index (χ1n) is 5.81. The zero-order valence-electron chi connectivity index (χ0n) is 11.5. The van der Waals surface area contributed by atoms with Gasteiger partial charge in [-0.15, -0.1) is 0 Å². The van der Waals surface area contributed by atoms with Crippen molar-refractivity contribution < 1.29 is 18.1 Å². The second-order valence-corrected chi connectivity index (χ2v) is 6.79. The molecule has 116 valence electrons. The van der Waals surface area contributed by atoms with Crippen LogP contribution in [0.25, 0.3) is 0 Å². The van der Waals surface area contributed by atoms with Crippen LogP contribution in [0.15, 0.2) is 23.1 Å². The van der Waals surface area contributed by atoms with Crippen LogP contribution >= 0.6 is 0 Å². The van der Waals surface area contributed by atoms with E-state index in [4.69, 9.17) is 11.5 Å². The summed E-state index contributed by atoms with van der Waals surface area (Å²) in [5, 5.41) is 10.9. The Hall–Kier alpha value is -2.20. The van der Waals surface area contributed by atoms with Crippen molar-refractivity contribution in [3.05, 3.63) is 28.3 Å². The normalized spacial score (nSPS) is 12.1. The van der Waals surface area contributed by atoms with Gasteiger partial charge in [-0.25, -0.2) is 13.1 Å². The van der Waals surface area contributed by atoms with E-state index >= 15 is 0 Å². The van der Waals surface area contributed by atoms with Gasteiger partial charge < -0.3 is 11.5 Å². The summed E-state index contributed by atoms with van der Waals surface area (Å²) in [4.78, 5) is 20.7. The van der Waals surface area contributed by atoms with E-state index < -0.39 is 36.9 Å². The van der Waals surface area contributed by atoms with Gasteiger partial charge in [-0.1, -0.05) is 0 Å². The molecule has 5 N–H and O–H groups in total. The summed E-state index contributed by atoms with van der Waals surface area (Å²) in [6.07, 6.45) is 0. The monoisotopic (exact) mass is 316 g/mol. The molecule has 0 atom stereocenters. The van der Waals surface area contributed by atoms with Crippen molar-refractivity contribution in [3.8, 4) is 0 Å². The van der Waals surface area contributed by atoms with Gasteiger partial charge in [-0.2, -0.15) is 0 Å². The van der Waals surface area contributed by atoms with Gasteiger partial charge in [0.05, 0.1) is 10.3 Å². The first-order valence-corrected chi connectivity index (χ1v) is 7.29. The number of hydrogen-bond acceptors (Lipinski definition) is 6. The van der Waals surface area contributed by atoms with Gasteiger partial charge in [0.15, 0.2) is 4.90 Å². The molecule has 0 aliphatic rings. The molecule has 1 aromatic rings. The number of nitrogen functional groups attached to an aromatic ring is 1. The largest absolute Gasteiger partial charge is 0.399 e. The van der Waals surface area contributed by atoms with Crippen molar-refractivity contribution in [2.24, 2.45) is 11.1 Å². The van der Waals surface area contributed by atoms with Crippen LogP contribution in [-0.2, 0) is 14.8 Å². The Morgan fingerprint density at radius 2 is 2.00 bits per heavy atom. The Labute approximate surface area is 121 Å². The molecule has 0 aliphatic heterocycles. The van der Waals surface area contributed by atoms with E-state index in [2.05, 4.69) is 4.72 Å². The van der Waals surface area contributed by atoms with E-state index in [9.17, 15) is 23.3 Å². The van der Waals surface area contributed by atoms with Crippen LogP contribution < -0.4 is 16.2 Å². The Morgan fingerprint density at radius 1 is 1.43 bits per heavy atom. The van der Waals surface area contributed by atoms with Gasteiger partial charge in [0.2, 0.25) is 15.9 Å². The van der Waals surface area contributed by atoms with Gasteiger partial charge in [-0.05, 0) is 26.0 Å². The summed E-state index contributed by atoms with van der Waals surface area (Å²) in [6.45, 7) is 2.61. The number of nitrogens with zero attached hydrogens (tertiary/aromatic N) is 1. The van der Waals surface area contributed by atoms with Crippen molar-refractivity contribution in [2.45, 2.75) is 18.7 Å². The fraction of sp³-hybridized carbons (Fsp3) is 0.364. The second-order valence-electron chi connectivity index (χ2n) is 5.06. The number of primary amides is 1. The molecule has 0 aromatic heterocycles. The zero-order chi connectivity index (χ0) is 16.4. The molecule has 21 heavy (non-hydrogen) atoms. The Bertz CT molecular complexity index is 684. The van der Waals surface area contributed by atoms with E-state index in [1.54, 1.807) is 0 Å². The number of nitrogens with two attached hydrogens (primary N) is 2.